The molecule has 0 bridgehead atoms. The van der Waals surface area contributed by atoms with Gasteiger partial charge >= 0.3 is 0 Å². The molecule has 0 saturated heterocycles. The van der Waals surface area contributed by atoms with Crippen LogP contribution in [0.15, 0.2) is 30.3 Å². The van der Waals surface area contributed by atoms with Crippen LogP contribution in [0.3, 0.4) is 0 Å². The molecule has 0 spiro atoms. The standard InChI is InChI=1S/C14H16ClN3O/c1-10-9-13(18-14(15)16-10)17-12-6-4-3-5-11(12)7-8-19-2/h3-6,9H,7-8H2,1-2H3,(H,16,17,18). The molecular formula is C14H16ClN3O. The molecule has 0 unspecified atom stereocenters. The molecule has 19 heavy (non-hydrogen) atoms. The fourth-order valence-electron chi connectivity index (χ4n) is 1.81. The number of hydrogen-bond donors (Lipinski definition) is 1. The third-order valence-corrected chi connectivity index (χ3v) is 2.85. The van der Waals surface area contributed by atoms with Crippen LogP contribution in [0.5, 0.6) is 0 Å². The lowest BCUT2D eigenvalue weighted by molar-refractivity contribution is 0.202. The summed E-state index contributed by atoms with van der Waals surface area (Å²) in [5, 5.41) is 3.52. The Morgan fingerprint density at radius 1 is 1.26 bits per heavy atom. The van der Waals surface area contributed by atoms with Crippen molar-refractivity contribution in [1.82, 2.24) is 9.97 Å². The van der Waals surface area contributed by atoms with Crippen molar-refractivity contribution in [2.75, 3.05) is 19.0 Å². The van der Waals surface area contributed by atoms with Crippen LogP contribution in [-0.4, -0.2) is 23.7 Å². The molecule has 1 aromatic heterocycles. The molecule has 100 valence electrons. The van der Waals surface area contributed by atoms with Gasteiger partial charge < -0.3 is 10.1 Å². The Bertz CT molecular complexity index is 540. The summed E-state index contributed by atoms with van der Waals surface area (Å²) in [6.07, 6.45) is 0.845. The summed E-state index contributed by atoms with van der Waals surface area (Å²) in [4.78, 5) is 8.20. The topological polar surface area (TPSA) is 47.0 Å². The average Bonchev–Trinajstić information content (AvgIpc) is 2.36. The van der Waals surface area contributed by atoms with E-state index >= 15 is 0 Å². The van der Waals surface area contributed by atoms with Gasteiger partial charge in [-0.2, -0.15) is 0 Å². The first-order valence-corrected chi connectivity index (χ1v) is 6.42. The maximum atomic E-state index is 5.86. The van der Waals surface area contributed by atoms with Crippen molar-refractivity contribution in [2.45, 2.75) is 13.3 Å². The number of anilines is 2. The van der Waals surface area contributed by atoms with Crippen molar-refractivity contribution < 1.29 is 4.74 Å². The monoisotopic (exact) mass is 277 g/mol. The van der Waals surface area contributed by atoms with E-state index in [1.54, 1.807) is 7.11 Å². The first kappa shape index (κ1) is 13.8. The number of rotatable bonds is 5. The third-order valence-electron chi connectivity index (χ3n) is 2.68. The van der Waals surface area contributed by atoms with Gasteiger partial charge in [0.15, 0.2) is 0 Å². The zero-order valence-electron chi connectivity index (χ0n) is 11.0. The van der Waals surface area contributed by atoms with E-state index in [1.165, 1.54) is 5.56 Å². The Labute approximate surface area is 117 Å². The van der Waals surface area contributed by atoms with Gasteiger partial charge in [-0.15, -0.1) is 0 Å². The number of hydrogen-bond acceptors (Lipinski definition) is 4. The van der Waals surface area contributed by atoms with Crippen LogP contribution in [0.1, 0.15) is 11.3 Å². The van der Waals surface area contributed by atoms with Crippen molar-refractivity contribution in [3.63, 3.8) is 0 Å². The number of nitrogens with one attached hydrogen (secondary N) is 1. The van der Waals surface area contributed by atoms with Crippen LogP contribution in [0.25, 0.3) is 0 Å². The Balaban J connectivity index is 2.22. The molecule has 1 aromatic carbocycles. The summed E-state index contributed by atoms with van der Waals surface area (Å²) in [6, 6.07) is 9.93. The lowest BCUT2D eigenvalue weighted by atomic mass is 10.1. The largest absolute Gasteiger partial charge is 0.384 e. The number of nitrogens with zero attached hydrogens (tertiary/aromatic N) is 2. The van der Waals surface area contributed by atoms with E-state index < -0.39 is 0 Å². The van der Waals surface area contributed by atoms with Crippen LogP contribution in [0.2, 0.25) is 5.28 Å². The van der Waals surface area contributed by atoms with Crippen molar-refractivity contribution in [2.24, 2.45) is 0 Å². The molecule has 2 rings (SSSR count). The van der Waals surface area contributed by atoms with Gasteiger partial charge in [-0.05, 0) is 36.6 Å². The molecular weight excluding hydrogens is 262 g/mol. The molecule has 5 heteroatoms. The fourth-order valence-corrected chi connectivity index (χ4v) is 2.03. The van der Waals surface area contributed by atoms with E-state index in [-0.39, 0.29) is 5.28 Å². The second-order valence-electron chi connectivity index (χ2n) is 4.19. The number of aromatic nitrogens is 2. The second kappa shape index (κ2) is 6.50. The van der Waals surface area contributed by atoms with Gasteiger partial charge in [-0.3, -0.25) is 0 Å². The Kier molecular flexibility index (Phi) is 4.71. The van der Waals surface area contributed by atoms with Crippen LogP contribution in [0, 0.1) is 6.92 Å². The minimum Gasteiger partial charge on any atom is -0.384 e. The zero-order chi connectivity index (χ0) is 13.7. The predicted molar refractivity (Wildman–Crippen MR) is 77.1 cm³/mol. The van der Waals surface area contributed by atoms with Crippen molar-refractivity contribution in [3.8, 4) is 0 Å². The molecule has 0 atom stereocenters. The van der Waals surface area contributed by atoms with Gasteiger partial charge in [-0.25, -0.2) is 9.97 Å². The van der Waals surface area contributed by atoms with Gasteiger partial charge in [0, 0.05) is 24.6 Å². The van der Waals surface area contributed by atoms with Crippen LogP contribution in [0.4, 0.5) is 11.5 Å². The molecule has 0 amide bonds. The highest BCUT2D eigenvalue weighted by molar-refractivity contribution is 6.28. The molecule has 4 nitrogen and oxygen atoms in total. The van der Waals surface area contributed by atoms with Gasteiger partial charge in [0.1, 0.15) is 5.82 Å². The maximum Gasteiger partial charge on any atom is 0.224 e. The highest BCUT2D eigenvalue weighted by atomic mass is 35.5. The van der Waals surface area contributed by atoms with Gasteiger partial charge in [0.05, 0.1) is 6.61 Å². The average molecular weight is 278 g/mol. The molecule has 0 aliphatic rings. The molecule has 0 radical (unpaired) electrons. The Morgan fingerprint density at radius 2 is 2.05 bits per heavy atom. The Morgan fingerprint density at radius 3 is 2.79 bits per heavy atom. The normalized spacial score (nSPS) is 10.5. The summed E-state index contributed by atoms with van der Waals surface area (Å²) in [5.74, 6) is 0.697. The summed E-state index contributed by atoms with van der Waals surface area (Å²) >= 11 is 5.86. The first-order chi connectivity index (χ1) is 9.19. The van der Waals surface area contributed by atoms with Crippen molar-refractivity contribution in [3.05, 3.63) is 46.9 Å². The quantitative estimate of drug-likeness (QED) is 0.851. The number of aryl methyl sites for hydroxylation is 1. The van der Waals surface area contributed by atoms with Crippen molar-refractivity contribution in [1.29, 1.82) is 0 Å². The number of ether oxygens (including phenoxy) is 1. The smallest absolute Gasteiger partial charge is 0.224 e. The van der Waals surface area contributed by atoms with Gasteiger partial charge in [0.2, 0.25) is 5.28 Å². The summed E-state index contributed by atoms with van der Waals surface area (Å²) in [5.41, 5.74) is 3.02. The van der Waals surface area contributed by atoms with Crippen LogP contribution < -0.4 is 5.32 Å². The minimum atomic E-state index is 0.247. The number of para-hydroxylation sites is 1. The van der Waals surface area contributed by atoms with Gasteiger partial charge in [-0.1, -0.05) is 18.2 Å². The highest BCUT2D eigenvalue weighted by Crippen LogP contribution is 2.21. The van der Waals surface area contributed by atoms with E-state index in [1.807, 2.05) is 31.2 Å². The second-order valence-corrected chi connectivity index (χ2v) is 4.53. The molecule has 0 aliphatic heterocycles. The number of benzene rings is 1. The first-order valence-electron chi connectivity index (χ1n) is 6.04. The summed E-state index contributed by atoms with van der Waals surface area (Å²) in [7, 11) is 1.70. The molecule has 2 aromatic rings. The van der Waals surface area contributed by atoms with E-state index in [0.717, 1.165) is 17.8 Å². The SMILES string of the molecule is COCCc1ccccc1Nc1cc(C)nc(Cl)n1. The lowest BCUT2D eigenvalue weighted by Crippen LogP contribution is -2.02. The Hall–Kier alpha value is -1.65. The molecule has 0 saturated carbocycles. The minimum absolute atomic E-state index is 0.247. The predicted octanol–water partition coefficient (Wildman–Crippen LogP) is 3.37. The third kappa shape index (κ3) is 3.91. The maximum absolute atomic E-state index is 5.86. The highest BCUT2D eigenvalue weighted by Gasteiger charge is 2.04. The lowest BCUT2D eigenvalue weighted by Gasteiger charge is -2.11. The van der Waals surface area contributed by atoms with E-state index in [0.29, 0.717) is 12.4 Å². The summed E-state index contributed by atoms with van der Waals surface area (Å²) < 4.78 is 5.11. The number of methoxy groups -OCH3 is 1. The molecule has 1 N–H and O–H groups in total. The summed E-state index contributed by atoms with van der Waals surface area (Å²) in [6.45, 7) is 2.57. The van der Waals surface area contributed by atoms with E-state index in [9.17, 15) is 0 Å². The van der Waals surface area contributed by atoms with E-state index in [2.05, 4.69) is 21.4 Å². The molecule has 0 aliphatic carbocycles. The van der Waals surface area contributed by atoms with Crippen LogP contribution >= 0.6 is 11.6 Å². The zero-order valence-corrected chi connectivity index (χ0v) is 11.7. The van der Waals surface area contributed by atoms with Gasteiger partial charge in [0.25, 0.3) is 0 Å². The molecule has 1 heterocycles. The molecule has 0 fully saturated rings. The number of halogens is 1. The van der Waals surface area contributed by atoms with Crippen molar-refractivity contribution >= 4 is 23.1 Å². The van der Waals surface area contributed by atoms with Crippen LogP contribution in [-0.2, 0) is 11.2 Å². The fraction of sp³-hybridized carbons (Fsp3) is 0.286. The van der Waals surface area contributed by atoms with E-state index in [4.69, 9.17) is 16.3 Å².